The fourth-order valence-electron chi connectivity index (χ4n) is 2.59. The zero-order chi connectivity index (χ0) is 10.8. The van der Waals surface area contributed by atoms with Crippen LogP contribution in [0, 0.1) is 5.92 Å². The Morgan fingerprint density at radius 3 is 2.27 bits per heavy atom. The first-order valence-corrected chi connectivity index (χ1v) is 6.11. The Kier molecular flexibility index (Phi) is 3.85. The highest BCUT2D eigenvalue weighted by atomic mass is 35.5. The minimum Gasteiger partial charge on any atom is -0.367 e. The zero-order valence-electron chi connectivity index (χ0n) is 8.69. The van der Waals surface area contributed by atoms with Crippen molar-refractivity contribution in [2.75, 3.05) is 0 Å². The van der Waals surface area contributed by atoms with Crippen molar-refractivity contribution in [3.63, 3.8) is 0 Å². The van der Waals surface area contributed by atoms with Crippen LogP contribution in [0.4, 0.5) is 0 Å². The summed E-state index contributed by atoms with van der Waals surface area (Å²) in [5.41, 5.74) is 6.09. The predicted octanol–water partition coefficient (Wildman–Crippen LogP) is 0.330. The van der Waals surface area contributed by atoms with E-state index in [0.29, 0.717) is 17.3 Å². The summed E-state index contributed by atoms with van der Waals surface area (Å²) in [6, 6.07) is 0.129. The lowest BCUT2D eigenvalue weighted by Crippen LogP contribution is -2.41. The van der Waals surface area contributed by atoms with Gasteiger partial charge in [0.15, 0.2) is 6.29 Å². The molecule has 0 bridgehead atoms. The van der Waals surface area contributed by atoms with Gasteiger partial charge in [-0.1, -0.05) is 0 Å². The minimum atomic E-state index is -1.27. The van der Waals surface area contributed by atoms with Gasteiger partial charge in [-0.3, -0.25) is 5.43 Å². The Morgan fingerprint density at radius 1 is 1.07 bits per heavy atom. The largest absolute Gasteiger partial charge is 0.367 e. The number of alkyl halides is 1. The van der Waals surface area contributed by atoms with Gasteiger partial charge < -0.3 is 10.2 Å². The highest BCUT2D eigenvalue weighted by Crippen LogP contribution is 2.32. The molecule has 0 radical (unpaired) electrons. The summed E-state index contributed by atoms with van der Waals surface area (Å²) in [6.07, 6.45) is 3.96. The predicted molar refractivity (Wildman–Crippen MR) is 58.3 cm³/mol. The van der Waals surface area contributed by atoms with Crippen molar-refractivity contribution in [1.29, 1.82) is 0 Å². The van der Waals surface area contributed by atoms with Crippen LogP contribution in [0.1, 0.15) is 32.1 Å². The van der Waals surface area contributed by atoms with Crippen LogP contribution < -0.4 is 10.9 Å². The molecule has 4 nitrogen and oxygen atoms in total. The average molecular weight is 235 g/mol. The Balaban J connectivity index is 1.80. The molecule has 4 N–H and O–H groups in total. The highest BCUT2D eigenvalue weighted by molar-refractivity contribution is 6.20. The van der Waals surface area contributed by atoms with E-state index in [1.54, 1.807) is 0 Å². The van der Waals surface area contributed by atoms with Gasteiger partial charge in [-0.2, -0.15) is 0 Å². The van der Waals surface area contributed by atoms with E-state index in [0.717, 1.165) is 32.1 Å². The van der Waals surface area contributed by atoms with E-state index < -0.39 is 6.29 Å². The van der Waals surface area contributed by atoms with Crippen molar-refractivity contribution in [1.82, 2.24) is 10.9 Å². The van der Waals surface area contributed by atoms with Crippen molar-refractivity contribution in [2.45, 2.75) is 55.9 Å². The summed E-state index contributed by atoms with van der Waals surface area (Å²) in [4.78, 5) is 0. The second-order valence-corrected chi connectivity index (χ2v) is 5.28. The third-order valence-corrected chi connectivity index (χ3v) is 4.03. The summed E-state index contributed by atoms with van der Waals surface area (Å²) in [5.74, 6) is 0.622. The molecule has 1 saturated carbocycles. The normalized spacial score (nSPS) is 42.4. The molecule has 0 amide bonds. The second kappa shape index (κ2) is 4.97. The lowest BCUT2D eigenvalue weighted by atomic mass is 9.82. The van der Waals surface area contributed by atoms with Crippen LogP contribution in [0.15, 0.2) is 0 Å². The molecule has 2 aliphatic rings. The van der Waals surface area contributed by atoms with Crippen LogP contribution >= 0.6 is 11.6 Å². The van der Waals surface area contributed by atoms with E-state index in [1.165, 1.54) is 0 Å². The van der Waals surface area contributed by atoms with Gasteiger partial charge in [0.1, 0.15) is 0 Å². The average Bonchev–Trinajstić information content (AvgIpc) is 2.68. The lowest BCUT2D eigenvalue weighted by molar-refractivity contribution is -0.0640. The van der Waals surface area contributed by atoms with Crippen LogP contribution in [-0.4, -0.2) is 34.0 Å². The molecule has 2 atom stereocenters. The molecule has 1 aliphatic heterocycles. The number of hydrogen-bond acceptors (Lipinski definition) is 4. The summed E-state index contributed by atoms with van der Waals surface area (Å²) < 4.78 is 0. The van der Waals surface area contributed by atoms with E-state index in [9.17, 15) is 0 Å². The van der Waals surface area contributed by atoms with Crippen molar-refractivity contribution >= 4 is 11.6 Å². The van der Waals surface area contributed by atoms with E-state index in [1.807, 2.05) is 0 Å². The third-order valence-electron chi connectivity index (χ3n) is 3.59. The lowest BCUT2D eigenvalue weighted by Gasteiger charge is -2.29. The first kappa shape index (κ1) is 11.6. The first-order valence-electron chi connectivity index (χ1n) is 5.68. The van der Waals surface area contributed by atoms with Gasteiger partial charge in [-0.25, -0.2) is 5.43 Å². The maximum Gasteiger partial charge on any atom is 0.168 e. The number of rotatable bonds is 2. The van der Waals surface area contributed by atoms with Gasteiger partial charge in [0.25, 0.3) is 0 Å². The molecule has 0 aromatic carbocycles. The number of hydrazine groups is 1. The Labute approximate surface area is 95.0 Å². The molecule has 15 heavy (non-hydrogen) atoms. The topological polar surface area (TPSA) is 64.5 Å². The molecule has 0 aromatic rings. The number of hydrogen-bond donors (Lipinski definition) is 4. The minimum absolute atomic E-state index is 0.233. The van der Waals surface area contributed by atoms with Crippen molar-refractivity contribution in [3.8, 4) is 0 Å². The Morgan fingerprint density at radius 2 is 1.73 bits per heavy atom. The molecule has 1 aliphatic carbocycles. The van der Waals surface area contributed by atoms with Gasteiger partial charge in [0.05, 0.1) is 6.04 Å². The fourth-order valence-corrected chi connectivity index (χ4v) is 2.84. The molecule has 5 heteroatoms. The standard InChI is InChI=1S/C10H19ClN2O2/c11-7-3-1-6(2-4-7)8-5-9(10(14)15)13-12-8/h6-10,12-15H,1-5H2. The van der Waals surface area contributed by atoms with E-state index in [4.69, 9.17) is 21.8 Å². The Bertz CT molecular complexity index is 208. The van der Waals surface area contributed by atoms with Crippen LogP contribution in [0.5, 0.6) is 0 Å². The maximum atomic E-state index is 9.04. The molecular weight excluding hydrogens is 216 g/mol. The molecule has 1 heterocycles. The van der Waals surface area contributed by atoms with E-state index in [2.05, 4.69) is 10.9 Å². The summed E-state index contributed by atoms with van der Waals surface area (Å²) in [5, 5.41) is 18.4. The molecular formula is C10H19ClN2O2. The van der Waals surface area contributed by atoms with Gasteiger partial charge >= 0.3 is 0 Å². The molecule has 0 aromatic heterocycles. The second-order valence-electron chi connectivity index (χ2n) is 4.66. The summed E-state index contributed by atoms with van der Waals surface area (Å²) in [6.45, 7) is 0. The molecule has 0 spiro atoms. The molecule has 1 saturated heterocycles. The SMILES string of the molecule is OC(O)C1CC(C2CCC(Cl)CC2)NN1. The molecule has 2 unspecified atom stereocenters. The first-order chi connectivity index (χ1) is 7.16. The number of halogens is 1. The smallest absolute Gasteiger partial charge is 0.168 e. The monoisotopic (exact) mass is 234 g/mol. The van der Waals surface area contributed by atoms with Gasteiger partial charge in [-0.05, 0) is 38.0 Å². The molecule has 88 valence electrons. The zero-order valence-corrected chi connectivity index (χ0v) is 9.45. The summed E-state index contributed by atoms with van der Waals surface area (Å²) >= 11 is 6.05. The summed E-state index contributed by atoms with van der Waals surface area (Å²) in [7, 11) is 0. The number of aliphatic hydroxyl groups is 2. The highest BCUT2D eigenvalue weighted by Gasteiger charge is 2.34. The fraction of sp³-hybridized carbons (Fsp3) is 1.00. The molecule has 2 fully saturated rings. The van der Waals surface area contributed by atoms with Crippen molar-refractivity contribution in [2.24, 2.45) is 5.92 Å². The van der Waals surface area contributed by atoms with Crippen LogP contribution in [0.2, 0.25) is 0 Å². The Hall–Kier alpha value is 0.130. The van der Waals surface area contributed by atoms with Crippen LogP contribution in [0.25, 0.3) is 0 Å². The molecule has 2 rings (SSSR count). The maximum absolute atomic E-state index is 9.04. The van der Waals surface area contributed by atoms with Crippen molar-refractivity contribution in [3.05, 3.63) is 0 Å². The van der Waals surface area contributed by atoms with Gasteiger partial charge in [0.2, 0.25) is 0 Å². The van der Waals surface area contributed by atoms with Crippen molar-refractivity contribution < 1.29 is 10.2 Å². The number of aliphatic hydroxyl groups excluding tert-OH is 1. The van der Waals surface area contributed by atoms with Crippen LogP contribution in [0.3, 0.4) is 0 Å². The van der Waals surface area contributed by atoms with E-state index >= 15 is 0 Å². The van der Waals surface area contributed by atoms with E-state index in [-0.39, 0.29) is 6.04 Å². The quantitative estimate of drug-likeness (QED) is 0.411. The van der Waals surface area contributed by atoms with Gasteiger partial charge in [-0.15, -0.1) is 11.6 Å². The number of nitrogens with one attached hydrogen (secondary N) is 2. The van der Waals surface area contributed by atoms with Gasteiger partial charge in [0, 0.05) is 11.4 Å². The van der Waals surface area contributed by atoms with Crippen LogP contribution in [-0.2, 0) is 0 Å². The third kappa shape index (κ3) is 2.82.